The van der Waals surface area contributed by atoms with Crippen molar-refractivity contribution in [1.29, 1.82) is 0 Å². The minimum Gasteiger partial charge on any atom is -0.489 e. The second-order valence-electron chi connectivity index (χ2n) is 20.3. The van der Waals surface area contributed by atoms with E-state index in [-0.39, 0.29) is 58.4 Å². The lowest BCUT2D eigenvalue weighted by Gasteiger charge is -2.56. The number of H-pyrrole nitrogens is 1. The molecule has 2 atom stereocenters. The molecular weight excluding hydrogens is 887 g/mol. The molecule has 2 aromatic heterocycles. The quantitative estimate of drug-likeness (QED) is 0.0682. The number of carbonyl (C=O) groups excluding carboxylic acids is 1. The Morgan fingerprint density at radius 3 is 2.50 bits per heavy atom. The summed E-state index contributed by atoms with van der Waals surface area (Å²) in [5.74, 6) is 0.0321. The lowest BCUT2D eigenvalue weighted by molar-refractivity contribution is -0.384. The molecule has 4 N–H and O–H groups in total. The number of fused-ring (bicyclic) bond motifs is 2. The summed E-state index contributed by atoms with van der Waals surface area (Å²) in [5, 5.41) is 26.9. The SMILES string of the molecule is COc1nc2[nH]ccc2cc1Oc1cc(N2CCC3(CC2)CC(N2CCC[C@@H]2c2ccccc2C(C)C)C3)ccc1C(=O)NS(=O)(=O)c1cc2c(c([N+](=O)[O-])c1)N[C@@H](C1CCC(C)(O)CC1)CO2. The zero-order chi connectivity index (χ0) is 47.5. The van der Waals surface area contributed by atoms with Gasteiger partial charge in [-0.3, -0.25) is 19.8 Å². The maximum atomic E-state index is 14.2. The van der Waals surface area contributed by atoms with Crippen LogP contribution in [0, 0.1) is 21.4 Å². The number of nitrogens with one attached hydrogen (secondary N) is 3. The molecule has 0 radical (unpaired) electrons. The van der Waals surface area contributed by atoms with Crippen LogP contribution in [0.4, 0.5) is 17.1 Å². The Balaban J connectivity index is 0.875. The minimum absolute atomic E-state index is 0.00687. The highest BCUT2D eigenvalue weighted by molar-refractivity contribution is 7.90. The normalized spacial score (nSPS) is 24.0. The van der Waals surface area contributed by atoms with Gasteiger partial charge in [0, 0.05) is 60.6 Å². The first-order valence-corrected chi connectivity index (χ1v) is 25.5. The number of benzene rings is 3. The largest absolute Gasteiger partial charge is 0.489 e. The zero-order valence-electron chi connectivity index (χ0n) is 39.1. The first-order valence-electron chi connectivity index (χ1n) is 24.0. The number of aromatic nitrogens is 2. The molecule has 0 unspecified atom stereocenters. The van der Waals surface area contributed by atoms with Gasteiger partial charge in [-0.2, -0.15) is 4.98 Å². The fourth-order valence-corrected chi connectivity index (χ4v) is 12.7. The Bertz CT molecular complexity index is 2840. The van der Waals surface area contributed by atoms with Crippen molar-refractivity contribution in [3.8, 4) is 23.1 Å². The number of anilines is 2. The molecule has 4 fully saturated rings. The van der Waals surface area contributed by atoms with Gasteiger partial charge in [0.15, 0.2) is 17.2 Å². The van der Waals surface area contributed by atoms with E-state index in [1.165, 1.54) is 50.0 Å². The number of aliphatic hydroxyl groups is 1. The Hall–Kier alpha value is -5.91. The van der Waals surface area contributed by atoms with E-state index in [1.54, 1.807) is 37.4 Å². The molecule has 16 nitrogen and oxygen atoms in total. The molecule has 17 heteroatoms. The van der Waals surface area contributed by atoms with Gasteiger partial charge in [0.25, 0.3) is 27.5 Å². The summed E-state index contributed by atoms with van der Waals surface area (Å²) in [6.45, 7) is 9.28. The van der Waals surface area contributed by atoms with Crippen LogP contribution >= 0.6 is 0 Å². The number of hydrogen-bond acceptors (Lipinski definition) is 13. The number of amides is 1. The average molecular weight is 948 g/mol. The molecule has 1 spiro atoms. The van der Waals surface area contributed by atoms with Gasteiger partial charge in [0.1, 0.15) is 18.0 Å². The van der Waals surface area contributed by atoms with Gasteiger partial charge < -0.3 is 34.5 Å². The predicted octanol–water partition coefficient (Wildman–Crippen LogP) is 9.21. The second kappa shape index (κ2) is 17.9. The van der Waals surface area contributed by atoms with Gasteiger partial charge in [-0.05, 0) is 130 Å². The summed E-state index contributed by atoms with van der Waals surface area (Å²) in [4.78, 5) is 38.1. The lowest BCUT2D eigenvalue weighted by Crippen LogP contribution is -2.54. The fraction of sp³-hybridized carbons (Fsp3) is 0.490. The minimum atomic E-state index is -4.69. The number of rotatable bonds is 12. The van der Waals surface area contributed by atoms with E-state index in [0.717, 1.165) is 49.6 Å². The van der Waals surface area contributed by atoms with Crippen molar-refractivity contribution in [2.45, 2.75) is 120 Å². The molecule has 5 heterocycles. The van der Waals surface area contributed by atoms with Gasteiger partial charge in [0.2, 0.25) is 0 Å². The Labute approximate surface area is 397 Å². The molecule has 5 aliphatic rings. The molecule has 68 heavy (non-hydrogen) atoms. The number of nitro groups is 1. The first kappa shape index (κ1) is 45.9. The standard InChI is InChI=1S/C51H61N7O9S/c1-31(2)37-8-5-6-9-38(37)41-10-7-21-57(41)35-28-51(29-35)18-22-56(23-19-51)34-11-12-39(43(25-34)67-45-24-33-15-20-52-47(33)54-49(45)65-4)48(59)55-68(63,64)36-26-42(58(61)62)46-44(27-36)66-30-40(53-46)32-13-16-50(3,60)17-14-32/h5-6,8-9,11-12,15,20,24-27,31-32,35,40-41,53,60H,7,10,13-14,16-19,21-23,28-30H2,1-4H3,(H,52,54)(H,55,59)/t32?,40-,41-,50?/m1/s1. The number of nitro benzene ring substituents is 1. The summed E-state index contributed by atoms with van der Waals surface area (Å²) < 4.78 is 48.3. The molecule has 2 saturated heterocycles. The first-order chi connectivity index (χ1) is 32.6. The summed E-state index contributed by atoms with van der Waals surface area (Å²) in [6, 6.07) is 20.5. The molecule has 2 aliphatic carbocycles. The highest BCUT2D eigenvalue weighted by Crippen LogP contribution is 2.54. The molecule has 10 rings (SSSR count). The number of likely N-dealkylation sites (tertiary alicyclic amines) is 1. The van der Waals surface area contributed by atoms with Crippen LogP contribution in [0.5, 0.6) is 23.1 Å². The Morgan fingerprint density at radius 2 is 1.76 bits per heavy atom. The van der Waals surface area contributed by atoms with E-state index in [4.69, 9.17) is 14.2 Å². The number of nitrogens with zero attached hydrogens (tertiary/aromatic N) is 4. The van der Waals surface area contributed by atoms with Crippen molar-refractivity contribution < 1.29 is 37.5 Å². The van der Waals surface area contributed by atoms with Gasteiger partial charge in [0.05, 0.1) is 34.1 Å². The average Bonchev–Trinajstić information content (AvgIpc) is 3.99. The topological polar surface area (TPSA) is 201 Å². The van der Waals surface area contributed by atoms with Crippen molar-refractivity contribution >= 4 is 44.0 Å². The van der Waals surface area contributed by atoms with E-state index in [1.807, 2.05) is 6.07 Å². The van der Waals surface area contributed by atoms with Crippen molar-refractivity contribution in [3.05, 3.63) is 99.7 Å². The maximum absolute atomic E-state index is 14.2. The van der Waals surface area contributed by atoms with E-state index in [9.17, 15) is 28.4 Å². The second-order valence-corrected chi connectivity index (χ2v) is 22.0. The number of methoxy groups -OCH3 is 1. The third kappa shape index (κ3) is 8.84. The van der Waals surface area contributed by atoms with Crippen LogP contribution in [-0.2, 0) is 10.0 Å². The van der Waals surface area contributed by atoms with Gasteiger partial charge in [-0.25, -0.2) is 13.1 Å². The number of sulfonamides is 1. The lowest BCUT2D eigenvalue weighted by atomic mass is 9.59. The number of piperidine rings is 1. The summed E-state index contributed by atoms with van der Waals surface area (Å²) in [7, 11) is -3.23. The fourth-order valence-electron chi connectivity index (χ4n) is 11.7. The van der Waals surface area contributed by atoms with E-state index in [0.29, 0.717) is 49.3 Å². The molecule has 5 aromatic rings. The van der Waals surface area contributed by atoms with Crippen molar-refractivity contribution in [2.24, 2.45) is 11.3 Å². The summed E-state index contributed by atoms with van der Waals surface area (Å²) >= 11 is 0. The van der Waals surface area contributed by atoms with Gasteiger partial charge in [-0.1, -0.05) is 38.1 Å². The molecule has 3 aliphatic heterocycles. The van der Waals surface area contributed by atoms with E-state index in [2.05, 4.69) is 67.9 Å². The number of carbonyl (C=O) groups is 1. The smallest absolute Gasteiger partial charge is 0.297 e. The number of ether oxygens (including phenoxy) is 3. The van der Waals surface area contributed by atoms with Crippen molar-refractivity contribution in [2.75, 3.05) is 43.6 Å². The van der Waals surface area contributed by atoms with Gasteiger partial charge in [-0.15, -0.1) is 0 Å². The molecular formula is C51H61N7O9S. The van der Waals surface area contributed by atoms with Gasteiger partial charge >= 0.3 is 0 Å². The van der Waals surface area contributed by atoms with Crippen LogP contribution in [0.1, 0.15) is 118 Å². The molecule has 0 bridgehead atoms. The molecule has 360 valence electrons. The number of hydrogen-bond donors (Lipinski definition) is 4. The molecule has 2 saturated carbocycles. The van der Waals surface area contributed by atoms with Crippen LogP contribution in [0.3, 0.4) is 0 Å². The molecule has 1 amide bonds. The van der Waals surface area contributed by atoms with Crippen LogP contribution in [-0.4, -0.2) is 90.3 Å². The van der Waals surface area contributed by atoms with E-state index < -0.39 is 37.0 Å². The third-order valence-corrected chi connectivity index (χ3v) is 16.9. The summed E-state index contributed by atoms with van der Waals surface area (Å²) in [5.41, 5.74) is 3.35. The molecule has 3 aromatic carbocycles. The van der Waals surface area contributed by atoms with Crippen LogP contribution in [0.15, 0.2) is 77.8 Å². The monoisotopic (exact) mass is 947 g/mol. The van der Waals surface area contributed by atoms with Crippen LogP contribution in [0.25, 0.3) is 11.0 Å². The summed E-state index contributed by atoms with van der Waals surface area (Å²) in [6.07, 6.45) is 11.2. The highest BCUT2D eigenvalue weighted by Gasteiger charge is 2.50. The van der Waals surface area contributed by atoms with Crippen molar-refractivity contribution in [3.63, 3.8) is 0 Å². The zero-order valence-corrected chi connectivity index (χ0v) is 39.9. The number of aromatic amines is 1. The van der Waals surface area contributed by atoms with Crippen LogP contribution < -0.4 is 29.1 Å². The maximum Gasteiger partial charge on any atom is 0.297 e. The number of pyridine rings is 1. The van der Waals surface area contributed by atoms with Crippen LogP contribution in [0.2, 0.25) is 0 Å². The third-order valence-electron chi connectivity index (χ3n) is 15.6. The Morgan fingerprint density at radius 1 is 1.00 bits per heavy atom. The Kier molecular flexibility index (Phi) is 12.1. The predicted molar refractivity (Wildman–Crippen MR) is 259 cm³/mol. The highest BCUT2D eigenvalue weighted by atomic mass is 32.2. The van der Waals surface area contributed by atoms with Crippen molar-refractivity contribution in [1.82, 2.24) is 19.6 Å². The van der Waals surface area contributed by atoms with E-state index >= 15 is 0 Å².